The zero-order valence-corrected chi connectivity index (χ0v) is 11.0. The van der Waals surface area contributed by atoms with E-state index >= 15 is 0 Å². The summed E-state index contributed by atoms with van der Waals surface area (Å²) in [4.78, 5) is 0. The summed E-state index contributed by atoms with van der Waals surface area (Å²) in [5.41, 5.74) is 2.74. The summed E-state index contributed by atoms with van der Waals surface area (Å²) in [5.74, 6) is 0. The molecule has 0 aliphatic carbocycles. The molecule has 0 unspecified atom stereocenters. The van der Waals surface area contributed by atoms with Crippen LogP contribution in [0.15, 0.2) is 24.3 Å². The first-order chi connectivity index (χ1) is 8.31. The lowest BCUT2D eigenvalue weighted by molar-refractivity contribution is 0.453. The Hall–Kier alpha value is -1.02. The maximum atomic E-state index is 3.70. The Morgan fingerprint density at radius 3 is 2.94 bits per heavy atom. The predicted octanol–water partition coefficient (Wildman–Crippen LogP) is 3.71. The molecule has 0 saturated carbocycles. The van der Waals surface area contributed by atoms with Gasteiger partial charge in [0, 0.05) is 17.8 Å². The van der Waals surface area contributed by atoms with E-state index in [1.807, 2.05) is 0 Å². The number of rotatable bonds is 5. The highest BCUT2D eigenvalue weighted by molar-refractivity contribution is 5.55. The third-order valence-corrected chi connectivity index (χ3v) is 3.50. The van der Waals surface area contributed by atoms with E-state index in [-0.39, 0.29) is 0 Å². The molecule has 0 radical (unpaired) electrons. The molecule has 17 heavy (non-hydrogen) atoms. The lowest BCUT2D eigenvalue weighted by Gasteiger charge is -2.32. The molecule has 2 heteroatoms. The minimum absolute atomic E-state index is 0.527. The third-order valence-electron chi connectivity index (χ3n) is 3.50. The van der Waals surface area contributed by atoms with Crippen LogP contribution in [-0.2, 0) is 0 Å². The van der Waals surface area contributed by atoms with Crippen molar-refractivity contribution in [2.45, 2.75) is 51.6 Å². The number of para-hydroxylation sites is 1. The molecule has 2 rings (SSSR count). The second kappa shape index (κ2) is 6.06. The van der Waals surface area contributed by atoms with Gasteiger partial charge in [0.15, 0.2) is 0 Å². The molecule has 1 aliphatic heterocycles. The van der Waals surface area contributed by atoms with Gasteiger partial charge in [-0.25, -0.2) is 0 Å². The van der Waals surface area contributed by atoms with Crippen LogP contribution < -0.4 is 10.6 Å². The molecule has 1 aromatic carbocycles. The van der Waals surface area contributed by atoms with E-state index in [0.717, 1.165) is 6.54 Å². The fraction of sp³-hybridized carbons (Fsp3) is 0.600. The summed E-state index contributed by atoms with van der Waals surface area (Å²) in [5, 5.41) is 7.25. The number of unbranched alkanes of at least 4 members (excludes halogenated alkanes) is 2. The number of benzene rings is 1. The summed E-state index contributed by atoms with van der Waals surface area (Å²) in [7, 11) is 0. The highest BCUT2D eigenvalue weighted by Crippen LogP contribution is 2.32. The number of anilines is 1. The van der Waals surface area contributed by atoms with Gasteiger partial charge in [0.25, 0.3) is 0 Å². The fourth-order valence-electron chi connectivity index (χ4n) is 2.58. The average Bonchev–Trinajstić information content (AvgIpc) is 2.34. The van der Waals surface area contributed by atoms with E-state index in [1.54, 1.807) is 0 Å². The molecule has 1 heterocycles. The van der Waals surface area contributed by atoms with Crippen molar-refractivity contribution in [1.82, 2.24) is 5.32 Å². The SMILES string of the molecule is CCCCCN[C@H]1C[C@H](C)Nc2ccccc21. The lowest BCUT2D eigenvalue weighted by Crippen LogP contribution is -2.33. The van der Waals surface area contributed by atoms with E-state index in [9.17, 15) is 0 Å². The van der Waals surface area contributed by atoms with Gasteiger partial charge in [0.2, 0.25) is 0 Å². The first-order valence-corrected chi connectivity index (χ1v) is 6.90. The largest absolute Gasteiger partial charge is 0.382 e. The molecule has 0 saturated heterocycles. The zero-order valence-electron chi connectivity index (χ0n) is 11.0. The van der Waals surface area contributed by atoms with E-state index in [0.29, 0.717) is 12.1 Å². The van der Waals surface area contributed by atoms with Crippen molar-refractivity contribution in [1.29, 1.82) is 0 Å². The minimum Gasteiger partial charge on any atom is -0.382 e. The Morgan fingerprint density at radius 2 is 2.12 bits per heavy atom. The van der Waals surface area contributed by atoms with Crippen molar-refractivity contribution in [3.05, 3.63) is 29.8 Å². The fourth-order valence-corrected chi connectivity index (χ4v) is 2.58. The molecule has 2 N–H and O–H groups in total. The Kier molecular flexibility index (Phi) is 4.43. The van der Waals surface area contributed by atoms with Crippen molar-refractivity contribution in [2.75, 3.05) is 11.9 Å². The summed E-state index contributed by atoms with van der Waals surface area (Å²) in [6.45, 7) is 5.65. The number of hydrogen-bond donors (Lipinski definition) is 2. The van der Waals surface area contributed by atoms with Crippen LogP contribution in [0.1, 0.15) is 51.1 Å². The van der Waals surface area contributed by atoms with Gasteiger partial charge in [-0.15, -0.1) is 0 Å². The molecular weight excluding hydrogens is 208 g/mol. The molecule has 2 nitrogen and oxygen atoms in total. The maximum absolute atomic E-state index is 3.70. The molecule has 0 fully saturated rings. The van der Waals surface area contributed by atoms with Crippen LogP contribution in [0.2, 0.25) is 0 Å². The van der Waals surface area contributed by atoms with Crippen LogP contribution in [0.25, 0.3) is 0 Å². The van der Waals surface area contributed by atoms with Crippen LogP contribution in [0.4, 0.5) is 5.69 Å². The molecule has 0 aromatic heterocycles. The smallest absolute Gasteiger partial charge is 0.0390 e. The number of hydrogen-bond acceptors (Lipinski definition) is 2. The monoisotopic (exact) mass is 232 g/mol. The Bertz CT molecular complexity index is 349. The maximum Gasteiger partial charge on any atom is 0.0390 e. The van der Waals surface area contributed by atoms with Crippen molar-refractivity contribution in [2.24, 2.45) is 0 Å². The topological polar surface area (TPSA) is 24.1 Å². The van der Waals surface area contributed by atoms with Crippen molar-refractivity contribution in [3.8, 4) is 0 Å². The summed E-state index contributed by atoms with van der Waals surface area (Å²) >= 11 is 0. The van der Waals surface area contributed by atoms with Crippen LogP contribution >= 0.6 is 0 Å². The van der Waals surface area contributed by atoms with Gasteiger partial charge in [-0.1, -0.05) is 38.0 Å². The summed E-state index contributed by atoms with van der Waals surface area (Å²) < 4.78 is 0. The van der Waals surface area contributed by atoms with Crippen LogP contribution in [0.5, 0.6) is 0 Å². The number of fused-ring (bicyclic) bond motifs is 1. The van der Waals surface area contributed by atoms with E-state index in [4.69, 9.17) is 0 Å². The van der Waals surface area contributed by atoms with Crippen LogP contribution in [0.3, 0.4) is 0 Å². The Balaban J connectivity index is 1.97. The molecule has 1 aromatic rings. The molecular formula is C15H24N2. The normalized spacial score (nSPS) is 22.9. The van der Waals surface area contributed by atoms with Gasteiger partial charge in [0.1, 0.15) is 0 Å². The molecule has 94 valence electrons. The molecule has 1 aliphatic rings. The molecule has 0 spiro atoms. The van der Waals surface area contributed by atoms with E-state index < -0.39 is 0 Å². The molecule has 0 bridgehead atoms. The highest BCUT2D eigenvalue weighted by Gasteiger charge is 2.22. The quantitative estimate of drug-likeness (QED) is 0.756. The van der Waals surface area contributed by atoms with Crippen molar-refractivity contribution in [3.63, 3.8) is 0 Å². The van der Waals surface area contributed by atoms with Gasteiger partial charge in [-0.3, -0.25) is 0 Å². The van der Waals surface area contributed by atoms with E-state index in [2.05, 4.69) is 48.7 Å². The van der Waals surface area contributed by atoms with Gasteiger partial charge >= 0.3 is 0 Å². The highest BCUT2D eigenvalue weighted by atomic mass is 15.0. The predicted molar refractivity (Wildman–Crippen MR) is 74.4 cm³/mol. The van der Waals surface area contributed by atoms with Gasteiger partial charge in [-0.05, 0) is 37.9 Å². The van der Waals surface area contributed by atoms with Gasteiger partial charge < -0.3 is 10.6 Å². The van der Waals surface area contributed by atoms with Crippen molar-refractivity contribution < 1.29 is 0 Å². The molecule has 0 amide bonds. The third kappa shape index (κ3) is 3.22. The van der Waals surface area contributed by atoms with Gasteiger partial charge in [-0.2, -0.15) is 0 Å². The van der Waals surface area contributed by atoms with Gasteiger partial charge in [0.05, 0.1) is 0 Å². The Labute approximate surface area is 105 Å². The van der Waals surface area contributed by atoms with Crippen LogP contribution in [-0.4, -0.2) is 12.6 Å². The molecule has 2 atom stereocenters. The average molecular weight is 232 g/mol. The summed E-state index contributed by atoms with van der Waals surface area (Å²) in [6.07, 6.45) is 5.09. The first-order valence-electron chi connectivity index (χ1n) is 6.90. The lowest BCUT2D eigenvalue weighted by atomic mass is 9.93. The minimum atomic E-state index is 0.527. The van der Waals surface area contributed by atoms with Crippen LogP contribution in [0, 0.1) is 0 Å². The first kappa shape index (κ1) is 12.4. The second-order valence-electron chi connectivity index (χ2n) is 5.08. The Morgan fingerprint density at radius 1 is 1.29 bits per heavy atom. The van der Waals surface area contributed by atoms with E-state index in [1.165, 1.54) is 36.9 Å². The number of nitrogens with one attached hydrogen (secondary N) is 2. The zero-order chi connectivity index (χ0) is 12.1. The standard InChI is InChI=1S/C15H24N2/c1-3-4-7-10-16-15-11-12(2)17-14-9-6-5-8-13(14)15/h5-6,8-9,12,15-17H,3-4,7,10-11H2,1-2H3/t12-,15-/m0/s1. The summed E-state index contributed by atoms with van der Waals surface area (Å²) in [6, 6.07) is 9.76. The van der Waals surface area contributed by atoms with Crippen molar-refractivity contribution >= 4 is 5.69 Å². The second-order valence-corrected chi connectivity index (χ2v) is 5.08.